The molecule has 0 radical (unpaired) electrons. The molecular formula is C27H32O3. The number of benzene rings is 2. The third-order valence-corrected chi connectivity index (χ3v) is 8.80. The number of rotatable bonds is 4. The lowest BCUT2D eigenvalue weighted by atomic mass is 9.53. The van der Waals surface area contributed by atoms with E-state index in [1.165, 1.54) is 23.1 Å². The van der Waals surface area contributed by atoms with Gasteiger partial charge in [-0.15, -0.1) is 0 Å². The normalized spacial score (nSPS) is 33.3. The van der Waals surface area contributed by atoms with Crippen molar-refractivity contribution < 1.29 is 15.0 Å². The Morgan fingerprint density at radius 2 is 1.90 bits per heavy atom. The molecule has 0 spiro atoms. The van der Waals surface area contributed by atoms with Crippen LogP contribution in [0.5, 0.6) is 0 Å². The Morgan fingerprint density at radius 1 is 1.10 bits per heavy atom. The highest BCUT2D eigenvalue weighted by Gasteiger charge is 2.56. The zero-order valence-electron chi connectivity index (χ0n) is 17.8. The molecular weight excluding hydrogens is 372 g/mol. The van der Waals surface area contributed by atoms with E-state index in [-0.39, 0.29) is 11.5 Å². The van der Waals surface area contributed by atoms with Crippen LogP contribution in [0.25, 0.3) is 0 Å². The summed E-state index contributed by atoms with van der Waals surface area (Å²) in [6.45, 7) is 2.45. The van der Waals surface area contributed by atoms with Gasteiger partial charge in [-0.05, 0) is 103 Å². The Kier molecular flexibility index (Phi) is 4.97. The molecule has 2 aromatic rings. The number of aromatic carboxylic acids is 1. The van der Waals surface area contributed by atoms with Crippen LogP contribution >= 0.6 is 0 Å². The number of aliphatic hydroxyl groups is 1. The van der Waals surface area contributed by atoms with Gasteiger partial charge in [0.25, 0.3) is 0 Å². The Morgan fingerprint density at radius 3 is 2.67 bits per heavy atom. The molecule has 3 heteroatoms. The van der Waals surface area contributed by atoms with Crippen LogP contribution in [-0.4, -0.2) is 22.3 Å². The van der Waals surface area contributed by atoms with Crippen LogP contribution in [0.15, 0.2) is 48.5 Å². The minimum Gasteiger partial charge on any atom is -0.478 e. The van der Waals surface area contributed by atoms with Crippen molar-refractivity contribution in [1.82, 2.24) is 0 Å². The van der Waals surface area contributed by atoms with Gasteiger partial charge >= 0.3 is 5.97 Å². The molecule has 2 saturated carbocycles. The number of hydrogen-bond donors (Lipinski definition) is 2. The van der Waals surface area contributed by atoms with Crippen LogP contribution in [0.1, 0.15) is 72.0 Å². The van der Waals surface area contributed by atoms with Gasteiger partial charge in [0.05, 0.1) is 11.7 Å². The maximum absolute atomic E-state index is 11.4. The monoisotopic (exact) mass is 404 g/mol. The maximum atomic E-state index is 11.4. The van der Waals surface area contributed by atoms with E-state index in [0.29, 0.717) is 29.2 Å². The number of carbonyl (C=O) groups is 1. The molecule has 0 heterocycles. The van der Waals surface area contributed by atoms with Crippen molar-refractivity contribution in [3.8, 4) is 0 Å². The first-order valence-corrected chi connectivity index (χ1v) is 11.6. The second-order valence-electron chi connectivity index (χ2n) is 10.1. The third-order valence-electron chi connectivity index (χ3n) is 8.80. The zero-order chi connectivity index (χ0) is 20.9. The summed E-state index contributed by atoms with van der Waals surface area (Å²) in [4.78, 5) is 11.4. The van der Waals surface area contributed by atoms with Crippen LogP contribution in [0.3, 0.4) is 0 Å². The summed E-state index contributed by atoms with van der Waals surface area (Å²) < 4.78 is 0. The Labute approximate surface area is 179 Å². The predicted molar refractivity (Wildman–Crippen MR) is 118 cm³/mol. The number of carboxylic acid groups (broad SMARTS) is 1. The molecule has 0 saturated heterocycles. The van der Waals surface area contributed by atoms with Gasteiger partial charge in [-0.3, -0.25) is 0 Å². The van der Waals surface area contributed by atoms with Crippen molar-refractivity contribution in [2.75, 3.05) is 0 Å². The summed E-state index contributed by atoms with van der Waals surface area (Å²) in [5, 5.41) is 20.5. The first-order chi connectivity index (χ1) is 14.5. The lowest BCUT2D eigenvalue weighted by Gasteiger charge is -2.51. The molecule has 3 nitrogen and oxygen atoms in total. The fourth-order valence-electron chi connectivity index (χ4n) is 7.39. The van der Waals surface area contributed by atoms with Gasteiger partial charge in [0.2, 0.25) is 0 Å². The first-order valence-electron chi connectivity index (χ1n) is 11.6. The van der Waals surface area contributed by atoms with Gasteiger partial charge < -0.3 is 10.2 Å². The van der Waals surface area contributed by atoms with Crippen LogP contribution < -0.4 is 0 Å². The van der Waals surface area contributed by atoms with Crippen molar-refractivity contribution in [3.05, 3.63) is 70.8 Å². The average Bonchev–Trinajstić information content (AvgIpc) is 3.11. The minimum absolute atomic E-state index is 0.216. The zero-order valence-corrected chi connectivity index (χ0v) is 17.8. The Bertz CT molecular complexity index is 936. The van der Waals surface area contributed by atoms with Crippen LogP contribution in [0.4, 0.5) is 0 Å². The molecule has 3 aliphatic rings. The Balaban J connectivity index is 1.37. The molecule has 5 rings (SSSR count). The predicted octanol–water partition coefficient (Wildman–Crippen LogP) is 5.46. The second kappa shape index (κ2) is 7.53. The molecule has 30 heavy (non-hydrogen) atoms. The van der Waals surface area contributed by atoms with E-state index in [4.69, 9.17) is 0 Å². The molecule has 0 aliphatic heterocycles. The molecule has 0 amide bonds. The third kappa shape index (κ3) is 3.19. The summed E-state index contributed by atoms with van der Waals surface area (Å²) in [6, 6.07) is 16.2. The number of fused-ring (bicyclic) bond motifs is 5. The SMILES string of the molecule is C[C@]12CC[C@@H]3c4ccc(C(=O)O)cc4CC[C@H]3[C@@H]1CC[C@@H]2C(O)Cc1ccccc1. The second-order valence-corrected chi connectivity index (χ2v) is 10.1. The van der Waals surface area contributed by atoms with Crippen molar-refractivity contribution in [3.63, 3.8) is 0 Å². The van der Waals surface area contributed by atoms with Gasteiger partial charge in [-0.2, -0.15) is 0 Å². The molecule has 2 aromatic carbocycles. The Hall–Kier alpha value is -2.13. The smallest absolute Gasteiger partial charge is 0.335 e. The van der Waals surface area contributed by atoms with Crippen molar-refractivity contribution in [1.29, 1.82) is 0 Å². The molecule has 0 aromatic heterocycles. The van der Waals surface area contributed by atoms with Crippen molar-refractivity contribution >= 4 is 5.97 Å². The maximum Gasteiger partial charge on any atom is 0.335 e. The molecule has 3 aliphatic carbocycles. The van der Waals surface area contributed by atoms with Crippen molar-refractivity contribution in [2.24, 2.45) is 23.2 Å². The van der Waals surface area contributed by atoms with E-state index in [9.17, 15) is 15.0 Å². The molecule has 158 valence electrons. The van der Waals surface area contributed by atoms with Crippen LogP contribution in [0.2, 0.25) is 0 Å². The summed E-state index contributed by atoms with van der Waals surface area (Å²) in [5.74, 6) is 1.43. The number of carboxylic acids is 1. The first kappa shape index (κ1) is 19.8. The summed E-state index contributed by atoms with van der Waals surface area (Å²) in [5.41, 5.74) is 4.50. The van der Waals surface area contributed by atoms with E-state index in [1.54, 1.807) is 6.07 Å². The van der Waals surface area contributed by atoms with Gasteiger partial charge in [-0.25, -0.2) is 4.79 Å². The molecule has 2 N–H and O–H groups in total. The van der Waals surface area contributed by atoms with Gasteiger partial charge in [-0.1, -0.05) is 43.3 Å². The van der Waals surface area contributed by atoms with Crippen LogP contribution in [0, 0.1) is 23.2 Å². The molecule has 6 atom stereocenters. The van der Waals surface area contributed by atoms with Gasteiger partial charge in [0.1, 0.15) is 0 Å². The average molecular weight is 405 g/mol. The standard InChI is InChI=1S/C27H32O3/c1-27-14-13-21-20-9-8-19(26(29)30)16-18(20)7-10-22(21)23(27)11-12-24(27)25(28)15-17-5-3-2-4-6-17/h2-6,8-9,16,21-25,28H,7,10-15H2,1H3,(H,29,30)/t21-,22-,23+,24-,25?,27+/m1/s1. The highest BCUT2D eigenvalue weighted by molar-refractivity contribution is 5.88. The van der Waals surface area contributed by atoms with E-state index in [2.05, 4.69) is 37.3 Å². The molecule has 2 fully saturated rings. The van der Waals surface area contributed by atoms with E-state index < -0.39 is 5.97 Å². The fourth-order valence-corrected chi connectivity index (χ4v) is 7.39. The van der Waals surface area contributed by atoms with E-state index >= 15 is 0 Å². The van der Waals surface area contributed by atoms with Gasteiger partial charge in [0, 0.05) is 0 Å². The summed E-state index contributed by atoms with van der Waals surface area (Å²) in [7, 11) is 0. The number of hydrogen-bond acceptors (Lipinski definition) is 2. The fraction of sp³-hybridized carbons (Fsp3) is 0.519. The van der Waals surface area contributed by atoms with Gasteiger partial charge in [0.15, 0.2) is 0 Å². The quantitative estimate of drug-likeness (QED) is 0.711. The van der Waals surface area contributed by atoms with E-state index in [0.717, 1.165) is 38.5 Å². The molecule has 0 bridgehead atoms. The summed E-state index contributed by atoms with van der Waals surface area (Å²) in [6.07, 6.45) is 7.29. The lowest BCUT2D eigenvalue weighted by molar-refractivity contribution is -0.0239. The highest BCUT2D eigenvalue weighted by atomic mass is 16.4. The topological polar surface area (TPSA) is 57.5 Å². The largest absolute Gasteiger partial charge is 0.478 e. The number of aliphatic hydroxyl groups excluding tert-OH is 1. The van der Waals surface area contributed by atoms with Crippen molar-refractivity contribution in [2.45, 2.75) is 63.9 Å². The molecule has 1 unspecified atom stereocenters. The lowest BCUT2D eigenvalue weighted by Crippen LogP contribution is -2.45. The highest BCUT2D eigenvalue weighted by Crippen LogP contribution is 2.63. The van der Waals surface area contributed by atoms with Crippen LogP contribution in [-0.2, 0) is 12.8 Å². The summed E-state index contributed by atoms with van der Waals surface area (Å²) >= 11 is 0. The van der Waals surface area contributed by atoms with E-state index in [1.807, 2.05) is 12.1 Å². The number of aryl methyl sites for hydroxylation is 1. The minimum atomic E-state index is -0.831.